The number of benzene rings is 2. The van der Waals surface area contributed by atoms with Crippen LogP contribution in [0.5, 0.6) is 0 Å². The Morgan fingerprint density at radius 3 is 2.62 bits per heavy atom. The largest absolute Gasteiger partial charge is 0.441 e. The molecule has 2 aromatic carbocycles. The van der Waals surface area contributed by atoms with Crippen LogP contribution in [0.2, 0.25) is 5.02 Å². The lowest BCUT2D eigenvalue weighted by molar-refractivity contribution is 0.542. The Labute approximate surface area is 158 Å². The minimum Gasteiger partial charge on any atom is -0.441 e. The van der Waals surface area contributed by atoms with Crippen molar-refractivity contribution in [3.8, 4) is 11.5 Å². The predicted molar refractivity (Wildman–Crippen MR) is 102 cm³/mol. The Hall–Kier alpha value is -2.42. The van der Waals surface area contributed by atoms with Gasteiger partial charge in [-0.3, -0.25) is 4.72 Å². The number of hydrogen-bond donors (Lipinski definition) is 1. The molecule has 132 valence electrons. The fourth-order valence-corrected chi connectivity index (χ4v) is 4.63. The Bertz CT molecular complexity index is 1200. The van der Waals surface area contributed by atoms with Crippen molar-refractivity contribution in [1.82, 2.24) is 9.97 Å². The first kappa shape index (κ1) is 17.0. The van der Waals surface area contributed by atoms with E-state index in [4.69, 9.17) is 16.0 Å². The maximum absolute atomic E-state index is 12.6. The van der Waals surface area contributed by atoms with Crippen molar-refractivity contribution >= 4 is 48.3 Å². The molecule has 0 radical (unpaired) electrons. The first-order valence-corrected chi connectivity index (χ1v) is 10.2. The third-order valence-corrected chi connectivity index (χ3v) is 6.28. The zero-order valence-corrected chi connectivity index (χ0v) is 15.8. The summed E-state index contributed by atoms with van der Waals surface area (Å²) in [6, 6.07) is 11.5. The quantitative estimate of drug-likeness (QED) is 0.531. The molecule has 0 aliphatic heterocycles. The highest BCUT2D eigenvalue weighted by molar-refractivity contribution is 7.93. The second-order valence-electron chi connectivity index (χ2n) is 5.54. The van der Waals surface area contributed by atoms with Crippen molar-refractivity contribution in [1.29, 1.82) is 0 Å². The minimum atomic E-state index is -3.75. The average Bonchev–Trinajstić information content (AvgIpc) is 3.19. The number of thiazole rings is 1. The first-order valence-electron chi connectivity index (χ1n) is 7.52. The van der Waals surface area contributed by atoms with E-state index in [1.54, 1.807) is 43.5 Å². The highest BCUT2D eigenvalue weighted by Gasteiger charge is 2.17. The Kier molecular flexibility index (Phi) is 4.18. The summed E-state index contributed by atoms with van der Waals surface area (Å²) in [4.78, 5) is 8.52. The van der Waals surface area contributed by atoms with Crippen LogP contribution in [0, 0.1) is 6.92 Å². The van der Waals surface area contributed by atoms with E-state index < -0.39 is 10.0 Å². The van der Waals surface area contributed by atoms with Crippen LogP contribution < -0.4 is 4.72 Å². The molecule has 0 aliphatic rings. The molecular weight excluding hydrogens is 394 g/mol. The van der Waals surface area contributed by atoms with E-state index in [1.807, 2.05) is 0 Å². The van der Waals surface area contributed by atoms with Gasteiger partial charge in [-0.1, -0.05) is 22.9 Å². The number of nitrogens with zero attached hydrogens (tertiary/aromatic N) is 2. The van der Waals surface area contributed by atoms with Gasteiger partial charge in [0, 0.05) is 10.6 Å². The molecule has 0 amide bonds. The molecule has 0 aliphatic carbocycles. The molecule has 9 heteroatoms. The zero-order chi connectivity index (χ0) is 18.3. The molecule has 6 nitrogen and oxygen atoms in total. The average molecular weight is 406 g/mol. The number of hydrogen-bond acceptors (Lipinski definition) is 6. The van der Waals surface area contributed by atoms with E-state index in [2.05, 4.69) is 14.7 Å². The van der Waals surface area contributed by atoms with Crippen LogP contribution >= 0.6 is 22.9 Å². The highest BCUT2D eigenvalue weighted by atomic mass is 35.5. The Balaban J connectivity index is 1.61. The number of halogens is 1. The van der Waals surface area contributed by atoms with Crippen LogP contribution in [0.4, 0.5) is 5.13 Å². The molecule has 0 saturated heterocycles. The van der Waals surface area contributed by atoms with Crippen molar-refractivity contribution < 1.29 is 12.8 Å². The van der Waals surface area contributed by atoms with Crippen molar-refractivity contribution in [2.75, 3.05) is 4.72 Å². The maximum atomic E-state index is 12.6. The maximum Gasteiger partial charge on any atom is 0.263 e. The fourth-order valence-electron chi connectivity index (χ4n) is 2.38. The summed E-state index contributed by atoms with van der Waals surface area (Å²) in [6.45, 7) is 1.80. The number of nitrogens with one attached hydrogen (secondary N) is 1. The van der Waals surface area contributed by atoms with E-state index in [-0.39, 0.29) is 10.0 Å². The lowest BCUT2D eigenvalue weighted by atomic mass is 10.2. The van der Waals surface area contributed by atoms with Gasteiger partial charge in [-0.15, -0.1) is 0 Å². The second kappa shape index (κ2) is 6.39. The van der Waals surface area contributed by atoms with E-state index >= 15 is 0 Å². The standard InChI is InChI=1S/C17H12ClN3O3S2/c1-10-9-19-16(24-10)11-2-5-13(6-3-11)26(22,23)21-17-20-14-8-12(18)4-7-15(14)25-17/h2-9H,1H3,(H,20,21). The monoisotopic (exact) mass is 405 g/mol. The zero-order valence-electron chi connectivity index (χ0n) is 13.4. The highest BCUT2D eigenvalue weighted by Crippen LogP contribution is 2.30. The second-order valence-corrected chi connectivity index (χ2v) is 8.69. The molecule has 0 fully saturated rings. The number of aromatic nitrogens is 2. The van der Waals surface area contributed by atoms with Gasteiger partial charge >= 0.3 is 0 Å². The molecule has 0 atom stereocenters. The number of aryl methyl sites for hydroxylation is 1. The summed E-state index contributed by atoms with van der Waals surface area (Å²) in [5.74, 6) is 1.14. The van der Waals surface area contributed by atoms with E-state index in [1.165, 1.54) is 23.5 Å². The molecule has 0 spiro atoms. The summed E-state index contributed by atoms with van der Waals surface area (Å²) in [5.41, 5.74) is 1.35. The van der Waals surface area contributed by atoms with E-state index in [0.717, 1.165) is 4.70 Å². The molecule has 4 rings (SSSR count). The minimum absolute atomic E-state index is 0.127. The SMILES string of the molecule is Cc1cnc(-c2ccc(S(=O)(=O)Nc3nc4cc(Cl)ccc4s3)cc2)o1. The fraction of sp³-hybridized carbons (Fsp3) is 0.0588. The molecular formula is C17H12ClN3O3S2. The van der Waals surface area contributed by atoms with Gasteiger partial charge in [0.25, 0.3) is 10.0 Å². The van der Waals surface area contributed by atoms with Crippen molar-refractivity contribution in [2.45, 2.75) is 11.8 Å². The first-order chi connectivity index (χ1) is 12.4. The van der Waals surface area contributed by atoms with Gasteiger partial charge in [0.1, 0.15) is 5.76 Å². The summed E-state index contributed by atoms with van der Waals surface area (Å²) in [7, 11) is -3.75. The van der Waals surface area contributed by atoms with E-state index in [0.29, 0.717) is 27.8 Å². The van der Waals surface area contributed by atoms with E-state index in [9.17, 15) is 8.42 Å². The molecule has 2 aromatic heterocycles. The molecule has 2 heterocycles. The van der Waals surface area contributed by atoms with Crippen molar-refractivity contribution in [2.24, 2.45) is 0 Å². The third kappa shape index (κ3) is 3.31. The molecule has 1 N–H and O–H groups in total. The topological polar surface area (TPSA) is 85.1 Å². The smallest absolute Gasteiger partial charge is 0.263 e. The van der Waals surface area contributed by atoms with Gasteiger partial charge in [0.05, 0.1) is 21.3 Å². The summed E-state index contributed by atoms with van der Waals surface area (Å²) < 4.78 is 34.0. The molecule has 0 saturated carbocycles. The lowest BCUT2D eigenvalue weighted by Crippen LogP contribution is -2.12. The normalized spacial score (nSPS) is 11.8. The summed E-state index contributed by atoms with van der Waals surface area (Å²) in [6.07, 6.45) is 1.61. The number of fused-ring (bicyclic) bond motifs is 1. The predicted octanol–water partition coefficient (Wildman–Crippen LogP) is 4.71. The van der Waals surface area contributed by atoms with Crippen LogP contribution in [0.3, 0.4) is 0 Å². The number of sulfonamides is 1. The van der Waals surface area contributed by atoms with Gasteiger partial charge in [-0.05, 0) is 49.4 Å². The lowest BCUT2D eigenvalue weighted by Gasteiger charge is -2.05. The van der Waals surface area contributed by atoms with Gasteiger partial charge in [0.15, 0.2) is 5.13 Å². The molecule has 0 bridgehead atoms. The van der Waals surface area contributed by atoms with Crippen molar-refractivity contribution in [3.63, 3.8) is 0 Å². The summed E-state index contributed by atoms with van der Waals surface area (Å²) >= 11 is 7.18. The van der Waals surface area contributed by atoms with Crippen LogP contribution in [0.1, 0.15) is 5.76 Å². The number of anilines is 1. The van der Waals surface area contributed by atoms with Gasteiger partial charge in [-0.25, -0.2) is 18.4 Å². The third-order valence-electron chi connectivity index (χ3n) is 3.60. The molecule has 4 aromatic rings. The summed E-state index contributed by atoms with van der Waals surface area (Å²) in [5, 5.41) is 0.837. The Morgan fingerprint density at radius 2 is 1.92 bits per heavy atom. The molecule has 26 heavy (non-hydrogen) atoms. The van der Waals surface area contributed by atoms with Gasteiger partial charge in [-0.2, -0.15) is 0 Å². The van der Waals surface area contributed by atoms with Gasteiger partial charge in [0.2, 0.25) is 5.89 Å². The van der Waals surface area contributed by atoms with Gasteiger partial charge < -0.3 is 4.42 Å². The van der Waals surface area contributed by atoms with Crippen LogP contribution in [0.15, 0.2) is 58.0 Å². The van der Waals surface area contributed by atoms with Crippen molar-refractivity contribution in [3.05, 3.63) is 59.4 Å². The van der Waals surface area contributed by atoms with Crippen LogP contribution in [-0.4, -0.2) is 18.4 Å². The van der Waals surface area contributed by atoms with Crippen LogP contribution in [-0.2, 0) is 10.0 Å². The number of rotatable bonds is 4. The molecule has 0 unspecified atom stereocenters. The van der Waals surface area contributed by atoms with Crippen LogP contribution in [0.25, 0.3) is 21.7 Å². The number of oxazole rings is 1. The Morgan fingerprint density at radius 1 is 1.15 bits per heavy atom.